The summed E-state index contributed by atoms with van der Waals surface area (Å²) in [6.07, 6.45) is 2.99. The average molecular weight is 332 g/mol. The Kier molecular flexibility index (Phi) is 4.07. The maximum atomic E-state index is 14.0. The lowest BCUT2D eigenvalue weighted by atomic mass is 10.1. The number of imidazole rings is 1. The van der Waals surface area contributed by atoms with Gasteiger partial charge in [0.05, 0.1) is 11.1 Å². The van der Waals surface area contributed by atoms with E-state index in [4.69, 9.17) is 5.11 Å². The van der Waals surface area contributed by atoms with Crippen LogP contribution in [0.25, 0.3) is 11.4 Å². The molecule has 3 rings (SSSR count). The number of halogens is 3. The molecule has 3 aromatic rings. The Hall–Kier alpha value is -3.09. The van der Waals surface area contributed by atoms with E-state index in [-0.39, 0.29) is 23.5 Å². The van der Waals surface area contributed by atoms with Crippen molar-refractivity contribution in [2.45, 2.75) is 6.54 Å². The molecule has 0 atom stereocenters. The maximum absolute atomic E-state index is 14.0. The van der Waals surface area contributed by atoms with E-state index in [9.17, 15) is 18.0 Å². The molecular weight excluding hydrogens is 321 g/mol. The van der Waals surface area contributed by atoms with Gasteiger partial charge < -0.3 is 9.67 Å². The summed E-state index contributed by atoms with van der Waals surface area (Å²) in [4.78, 5) is 14.8. The highest BCUT2D eigenvalue weighted by molar-refractivity contribution is 5.87. The Labute approximate surface area is 134 Å². The number of aromatic nitrogens is 2. The average Bonchev–Trinajstić information content (AvgIpc) is 3.01. The van der Waals surface area contributed by atoms with Crippen molar-refractivity contribution in [3.05, 3.63) is 77.4 Å². The molecule has 7 heteroatoms. The summed E-state index contributed by atoms with van der Waals surface area (Å²) in [5.41, 5.74) is 0.750. The molecule has 0 aliphatic rings. The third kappa shape index (κ3) is 2.88. The zero-order valence-electron chi connectivity index (χ0n) is 12.2. The second-order valence-electron chi connectivity index (χ2n) is 5.10. The predicted molar refractivity (Wildman–Crippen MR) is 80.0 cm³/mol. The van der Waals surface area contributed by atoms with Gasteiger partial charge in [-0.3, -0.25) is 0 Å². The Bertz CT molecular complexity index is 905. The third-order valence-electron chi connectivity index (χ3n) is 3.55. The van der Waals surface area contributed by atoms with Crippen molar-refractivity contribution in [3.63, 3.8) is 0 Å². The molecule has 0 bridgehead atoms. The van der Waals surface area contributed by atoms with Crippen molar-refractivity contribution in [2.24, 2.45) is 0 Å². The molecule has 0 aliphatic carbocycles. The highest BCUT2D eigenvalue weighted by Crippen LogP contribution is 2.25. The highest BCUT2D eigenvalue weighted by atomic mass is 19.2. The lowest BCUT2D eigenvalue weighted by Gasteiger charge is -2.10. The normalized spacial score (nSPS) is 10.8. The Balaban J connectivity index is 1.94. The van der Waals surface area contributed by atoms with Crippen LogP contribution in [0, 0.1) is 17.5 Å². The molecular formula is C17H11F3N2O2. The molecule has 1 heterocycles. The largest absolute Gasteiger partial charge is 0.478 e. The Morgan fingerprint density at radius 2 is 1.75 bits per heavy atom. The molecule has 0 saturated heterocycles. The number of hydrogen-bond acceptors (Lipinski definition) is 2. The number of benzene rings is 2. The topological polar surface area (TPSA) is 55.1 Å². The molecule has 2 aromatic carbocycles. The lowest BCUT2D eigenvalue weighted by molar-refractivity contribution is 0.0697. The van der Waals surface area contributed by atoms with E-state index in [0.29, 0.717) is 0 Å². The smallest absolute Gasteiger partial charge is 0.335 e. The van der Waals surface area contributed by atoms with Gasteiger partial charge in [-0.2, -0.15) is 0 Å². The fraction of sp³-hybridized carbons (Fsp3) is 0.0588. The van der Waals surface area contributed by atoms with Gasteiger partial charge in [-0.05, 0) is 29.8 Å². The first-order valence-corrected chi connectivity index (χ1v) is 6.94. The van der Waals surface area contributed by atoms with Crippen molar-refractivity contribution >= 4 is 5.97 Å². The molecule has 0 spiro atoms. The molecule has 0 aliphatic heterocycles. The minimum absolute atomic E-state index is 0.147. The van der Waals surface area contributed by atoms with Gasteiger partial charge in [-0.1, -0.05) is 12.1 Å². The summed E-state index contributed by atoms with van der Waals surface area (Å²) in [7, 11) is 0. The van der Waals surface area contributed by atoms with Crippen molar-refractivity contribution in [1.82, 2.24) is 9.55 Å². The number of aromatic carboxylic acids is 1. The minimum atomic E-state index is -1.55. The van der Waals surface area contributed by atoms with E-state index in [2.05, 4.69) is 4.98 Å². The van der Waals surface area contributed by atoms with Gasteiger partial charge in [-0.15, -0.1) is 0 Å². The maximum Gasteiger partial charge on any atom is 0.335 e. The van der Waals surface area contributed by atoms with Crippen molar-refractivity contribution < 1.29 is 23.1 Å². The first-order valence-electron chi connectivity index (χ1n) is 6.94. The standard InChI is InChI=1S/C17H11F3N2O2/c18-13-6-5-12(14(19)15(13)20)16-21-7-8-22(16)9-10-1-3-11(4-2-10)17(23)24/h1-8H,9H2,(H,23,24). The zero-order valence-corrected chi connectivity index (χ0v) is 12.2. The van der Waals surface area contributed by atoms with E-state index < -0.39 is 23.4 Å². The van der Waals surface area contributed by atoms with Gasteiger partial charge in [0, 0.05) is 18.9 Å². The van der Waals surface area contributed by atoms with Crippen LogP contribution in [0.2, 0.25) is 0 Å². The molecule has 4 nitrogen and oxygen atoms in total. The van der Waals surface area contributed by atoms with Crippen LogP contribution in [-0.2, 0) is 6.54 Å². The van der Waals surface area contributed by atoms with E-state index in [0.717, 1.165) is 17.7 Å². The van der Waals surface area contributed by atoms with Crippen LogP contribution >= 0.6 is 0 Å². The van der Waals surface area contributed by atoms with Gasteiger partial charge in [0.15, 0.2) is 17.5 Å². The molecule has 0 radical (unpaired) electrons. The molecule has 122 valence electrons. The van der Waals surface area contributed by atoms with Crippen molar-refractivity contribution in [3.8, 4) is 11.4 Å². The summed E-state index contributed by atoms with van der Waals surface area (Å²) in [6.45, 7) is 0.271. The summed E-state index contributed by atoms with van der Waals surface area (Å²) >= 11 is 0. The fourth-order valence-corrected chi connectivity index (χ4v) is 2.33. The molecule has 0 fully saturated rings. The first kappa shape index (κ1) is 15.8. The van der Waals surface area contributed by atoms with E-state index in [1.54, 1.807) is 22.9 Å². The summed E-state index contributed by atoms with van der Waals surface area (Å²) in [5.74, 6) is -5.00. The van der Waals surface area contributed by atoms with E-state index in [1.807, 2.05) is 0 Å². The Morgan fingerprint density at radius 1 is 1.04 bits per heavy atom. The summed E-state index contributed by atoms with van der Waals surface area (Å²) in [6, 6.07) is 8.11. The van der Waals surface area contributed by atoms with Crippen LogP contribution in [0.15, 0.2) is 48.8 Å². The number of carbonyl (C=O) groups is 1. The SMILES string of the molecule is O=C(O)c1ccc(Cn2ccnc2-c2ccc(F)c(F)c2F)cc1. The molecule has 0 amide bonds. The number of carboxylic acids is 1. The van der Waals surface area contributed by atoms with Crippen LogP contribution in [-0.4, -0.2) is 20.6 Å². The molecule has 1 aromatic heterocycles. The number of rotatable bonds is 4. The van der Waals surface area contributed by atoms with Gasteiger partial charge in [0.25, 0.3) is 0 Å². The monoisotopic (exact) mass is 332 g/mol. The lowest BCUT2D eigenvalue weighted by Crippen LogP contribution is -2.04. The number of hydrogen-bond donors (Lipinski definition) is 1. The number of nitrogens with zero attached hydrogens (tertiary/aromatic N) is 2. The molecule has 0 saturated carbocycles. The highest BCUT2D eigenvalue weighted by Gasteiger charge is 2.18. The molecule has 24 heavy (non-hydrogen) atoms. The molecule has 1 N–H and O–H groups in total. The van der Waals surface area contributed by atoms with Crippen LogP contribution in [0.5, 0.6) is 0 Å². The van der Waals surface area contributed by atoms with Crippen LogP contribution < -0.4 is 0 Å². The van der Waals surface area contributed by atoms with Crippen LogP contribution in [0.1, 0.15) is 15.9 Å². The second-order valence-corrected chi connectivity index (χ2v) is 5.10. The van der Waals surface area contributed by atoms with Crippen molar-refractivity contribution in [1.29, 1.82) is 0 Å². The molecule has 0 unspecified atom stereocenters. The quantitative estimate of drug-likeness (QED) is 0.741. The van der Waals surface area contributed by atoms with Crippen LogP contribution in [0.3, 0.4) is 0 Å². The van der Waals surface area contributed by atoms with Gasteiger partial charge in [0.1, 0.15) is 5.82 Å². The van der Waals surface area contributed by atoms with Gasteiger partial charge >= 0.3 is 5.97 Å². The predicted octanol–water partition coefficient (Wildman–Crippen LogP) is 3.71. The van der Waals surface area contributed by atoms with Gasteiger partial charge in [0.2, 0.25) is 0 Å². The van der Waals surface area contributed by atoms with Crippen molar-refractivity contribution in [2.75, 3.05) is 0 Å². The zero-order chi connectivity index (χ0) is 17.3. The third-order valence-corrected chi connectivity index (χ3v) is 3.55. The van der Waals surface area contributed by atoms with Gasteiger partial charge in [-0.25, -0.2) is 22.9 Å². The van der Waals surface area contributed by atoms with Crippen LogP contribution in [0.4, 0.5) is 13.2 Å². The number of carboxylic acid groups (broad SMARTS) is 1. The summed E-state index contributed by atoms with van der Waals surface area (Å²) in [5, 5.41) is 8.88. The second kappa shape index (κ2) is 6.19. The fourth-order valence-electron chi connectivity index (χ4n) is 2.33. The van der Waals surface area contributed by atoms with E-state index in [1.165, 1.54) is 18.3 Å². The Morgan fingerprint density at radius 3 is 2.42 bits per heavy atom. The first-order chi connectivity index (χ1) is 11.5. The minimum Gasteiger partial charge on any atom is -0.478 e. The van der Waals surface area contributed by atoms with E-state index >= 15 is 0 Å². The summed E-state index contributed by atoms with van der Waals surface area (Å²) < 4.78 is 42.0.